The SMILES string of the molecule is O=C(CC(CCn1nnc2ccccc2c1=O)(C(=O)O)C(=O)O)c1cc2cc(OCCC3CCOCC3)ccc2o1. The molecule has 0 saturated carbocycles. The molecule has 2 N–H and O–H groups in total. The summed E-state index contributed by atoms with van der Waals surface area (Å²) in [4.78, 5) is 50.5. The summed E-state index contributed by atoms with van der Waals surface area (Å²) in [7, 11) is 0. The van der Waals surface area contributed by atoms with E-state index < -0.39 is 41.5 Å². The van der Waals surface area contributed by atoms with Crippen LogP contribution in [-0.2, 0) is 20.9 Å². The third-order valence-electron chi connectivity index (χ3n) is 7.56. The van der Waals surface area contributed by atoms with Gasteiger partial charge < -0.3 is 24.1 Å². The van der Waals surface area contributed by atoms with Gasteiger partial charge in [-0.05, 0) is 68.0 Å². The first-order chi connectivity index (χ1) is 19.8. The normalized spacial score (nSPS) is 14.3. The molecule has 0 radical (unpaired) electrons. The maximum Gasteiger partial charge on any atom is 0.321 e. The molecule has 0 spiro atoms. The number of aromatic nitrogens is 3. The van der Waals surface area contributed by atoms with Crippen LogP contribution in [0.15, 0.2) is 57.7 Å². The van der Waals surface area contributed by atoms with Crippen molar-refractivity contribution < 1.29 is 38.5 Å². The van der Waals surface area contributed by atoms with Crippen LogP contribution in [0.5, 0.6) is 5.75 Å². The Morgan fingerprint density at radius 2 is 1.80 bits per heavy atom. The Morgan fingerprint density at radius 3 is 2.56 bits per heavy atom. The first-order valence-corrected chi connectivity index (χ1v) is 13.3. The molecule has 1 fully saturated rings. The van der Waals surface area contributed by atoms with E-state index in [9.17, 15) is 29.4 Å². The van der Waals surface area contributed by atoms with Gasteiger partial charge in [-0.1, -0.05) is 17.3 Å². The molecule has 0 atom stereocenters. The van der Waals surface area contributed by atoms with E-state index >= 15 is 0 Å². The van der Waals surface area contributed by atoms with Crippen LogP contribution in [0.3, 0.4) is 0 Å². The molecule has 0 bridgehead atoms. The number of benzene rings is 2. The Labute approximate surface area is 233 Å². The molecule has 41 heavy (non-hydrogen) atoms. The largest absolute Gasteiger partial charge is 0.494 e. The molecular weight excluding hydrogens is 534 g/mol. The predicted molar refractivity (Wildman–Crippen MR) is 145 cm³/mol. The number of hydrogen-bond donors (Lipinski definition) is 2. The van der Waals surface area contributed by atoms with Gasteiger partial charge >= 0.3 is 11.9 Å². The molecule has 2 aromatic carbocycles. The third-order valence-corrected chi connectivity index (χ3v) is 7.56. The van der Waals surface area contributed by atoms with Gasteiger partial charge in [0.25, 0.3) is 5.56 Å². The van der Waals surface area contributed by atoms with Crippen molar-refractivity contribution in [2.24, 2.45) is 11.3 Å². The van der Waals surface area contributed by atoms with Crippen molar-refractivity contribution in [1.29, 1.82) is 0 Å². The third kappa shape index (κ3) is 5.97. The van der Waals surface area contributed by atoms with Crippen LogP contribution in [0, 0.1) is 11.3 Å². The van der Waals surface area contributed by atoms with E-state index in [-0.39, 0.29) is 17.7 Å². The minimum atomic E-state index is -2.53. The maximum atomic E-state index is 13.2. The van der Waals surface area contributed by atoms with Gasteiger partial charge in [-0.2, -0.15) is 0 Å². The Morgan fingerprint density at radius 1 is 1.05 bits per heavy atom. The summed E-state index contributed by atoms with van der Waals surface area (Å²) in [6.07, 6.45) is 1.45. The molecule has 12 heteroatoms. The maximum absolute atomic E-state index is 13.2. The summed E-state index contributed by atoms with van der Waals surface area (Å²) >= 11 is 0. The smallest absolute Gasteiger partial charge is 0.321 e. The Balaban J connectivity index is 1.30. The quantitative estimate of drug-likeness (QED) is 0.191. The van der Waals surface area contributed by atoms with Gasteiger partial charge in [0, 0.05) is 31.6 Å². The predicted octanol–water partition coefficient (Wildman–Crippen LogP) is 3.55. The van der Waals surface area contributed by atoms with Gasteiger partial charge in [0.05, 0.1) is 12.0 Å². The van der Waals surface area contributed by atoms with Crippen molar-refractivity contribution in [3.05, 3.63) is 64.6 Å². The zero-order valence-corrected chi connectivity index (χ0v) is 22.2. The number of carbonyl (C=O) groups is 3. The topological polar surface area (TPSA) is 171 Å². The molecule has 0 aliphatic carbocycles. The number of carbonyl (C=O) groups excluding carboxylic acids is 1. The van der Waals surface area contributed by atoms with E-state index in [0.29, 0.717) is 34.8 Å². The average molecular weight is 564 g/mol. The Bertz CT molecular complexity index is 1640. The van der Waals surface area contributed by atoms with Crippen molar-refractivity contribution in [2.45, 2.75) is 38.6 Å². The van der Waals surface area contributed by atoms with E-state index in [1.165, 1.54) is 12.1 Å². The highest BCUT2D eigenvalue weighted by Gasteiger charge is 2.48. The second-order valence-corrected chi connectivity index (χ2v) is 10.2. The van der Waals surface area contributed by atoms with Crippen LogP contribution in [0.1, 0.15) is 42.7 Å². The molecule has 1 aliphatic rings. The molecule has 2 aromatic heterocycles. The fourth-order valence-electron chi connectivity index (χ4n) is 5.00. The molecule has 1 aliphatic heterocycles. The second kappa shape index (κ2) is 11.9. The van der Waals surface area contributed by atoms with E-state index in [1.807, 2.05) is 0 Å². The number of Topliss-reactive ketones (excluding diaryl/α,β-unsaturated/α-hetero) is 1. The Kier molecular flexibility index (Phi) is 8.11. The fraction of sp³-hybridized carbons (Fsp3) is 0.379. The number of ketones is 1. The van der Waals surface area contributed by atoms with Gasteiger partial charge in [-0.25, -0.2) is 4.68 Å². The number of ether oxygens (including phenoxy) is 2. The number of fused-ring (bicyclic) bond motifs is 2. The van der Waals surface area contributed by atoms with Crippen LogP contribution >= 0.6 is 0 Å². The summed E-state index contributed by atoms with van der Waals surface area (Å²) in [5.74, 6) is -3.25. The molecule has 214 valence electrons. The zero-order chi connectivity index (χ0) is 29.0. The molecule has 4 aromatic rings. The number of aryl methyl sites for hydroxylation is 1. The first kappa shape index (κ1) is 28.0. The number of furan rings is 1. The number of nitrogens with zero attached hydrogens (tertiary/aromatic N) is 3. The number of carboxylic acids is 2. The summed E-state index contributed by atoms with van der Waals surface area (Å²) in [6, 6.07) is 13.0. The van der Waals surface area contributed by atoms with E-state index in [1.54, 1.807) is 36.4 Å². The van der Waals surface area contributed by atoms with Crippen LogP contribution < -0.4 is 10.3 Å². The highest BCUT2D eigenvalue weighted by Crippen LogP contribution is 2.32. The van der Waals surface area contributed by atoms with Crippen LogP contribution in [-0.4, -0.2) is 62.7 Å². The van der Waals surface area contributed by atoms with Crippen LogP contribution in [0.4, 0.5) is 0 Å². The van der Waals surface area contributed by atoms with Crippen LogP contribution in [0.2, 0.25) is 0 Å². The average Bonchev–Trinajstić information content (AvgIpc) is 3.40. The van der Waals surface area contributed by atoms with E-state index in [2.05, 4.69) is 10.3 Å². The summed E-state index contributed by atoms with van der Waals surface area (Å²) in [6.45, 7) is 1.69. The molecule has 1 saturated heterocycles. The van der Waals surface area contributed by atoms with Crippen molar-refractivity contribution in [1.82, 2.24) is 15.0 Å². The minimum absolute atomic E-state index is 0.172. The fourth-order valence-corrected chi connectivity index (χ4v) is 5.00. The second-order valence-electron chi connectivity index (χ2n) is 10.2. The number of aliphatic carboxylic acids is 2. The van der Waals surface area contributed by atoms with Gasteiger partial charge in [0.2, 0.25) is 0 Å². The molecular formula is C29H29N3O9. The minimum Gasteiger partial charge on any atom is -0.494 e. The van der Waals surface area contributed by atoms with E-state index in [4.69, 9.17) is 13.9 Å². The number of rotatable bonds is 12. The van der Waals surface area contributed by atoms with Gasteiger partial charge in [-0.3, -0.25) is 19.2 Å². The van der Waals surface area contributed by atoms with E-state index in [0.717, 1.165) is 37.2 Å². The summed E-state index contributed by atoms with van der Waals surface area (Å²) in [5.41, 5.74) is -2.35. The lowest BCUT2D eigenvalue weighted by Crippen LogP contribution is -2.43. The van der Waals surface area contributed by atoms with Crippen molar-refractivity contribution in [3.63, 3.8) is 0 Å². The van der Waals surface area contributed by atoms with Gasteiger partial charge in [0.1, 0.15) is 16.8 Å². The van der Waals surface area contributed by atoms with Gasteiger partial charge in [0.15, 0.2) is 17.0 Å². The van der Waals surface area contributed by atoms with Crippen molar-refractivity contribution in [3.8, 4) is 5.75 Å². The molecule has 0 amide bonds. The lowest BCUT2D eigenvalue weighted by Gasteiger charge is -2.23. The summed E-state index contributed by atoms with van der Waals surface area (Å²) in [5, 5.41) is 28.5. The first-order valence-electron chi connectivity index (χ1n) is 13.3. The Hall–Kier alpha value is -4.58. The lowest BCUT2D eigenvalue weighted by molar-refractivity contribution is -0.165. The van der Waals surface area contributed by atoms with Gasteiger partial charge in [-0.15, -0.1) is 5.10 Å². The summed E-state index contributed by atoms with van der Waals surface area (Å²) < 4.78 is 17.8. The van der Waals surface area contributed by atoms with Crippen molar-refractivity contribution in [2.75, 3.05) is 19.8 Å². The monoisotopic (exact) mass is 563 g/mol. The molecule has 12 nitrogen and oxygen atoms in total. The van der Waals surface area contributed by atoms with Crippen molar-refractivity contribution >= 4 is 39.6 Å². The highest BCUT2D eigenvalue weighted by atomic mass is 16.5. The zero-order valence-electron chi connectivity index (χ0n) is 22.2. The molecule has 3 heterocycles. The molecule has 0 unspecified atom stereocenters. The highest BCUT2D eigenvalue weighted by molar-refractivity contribution is 6.06. The standard InChI is InChI=1S/C29H29N3O9/c33-23(25-16-19-15-20(5-6-24(19)41-25)40-14-9-18-7-12-39-13-8-18)17-29(27(35)36,28(37)38)10-11-32-26(34)21-3-1-2-4-22(21)30-31-32/h1-6,15-16,18H,7-14,17H2,(H,35,36)(H,37,38). The number of hydrogen-bond acceptors (Lipinski definition) is 9. The lowest BCUT2D eigenvalue weighted by atomic mass is 9.79. The number of carboxylic acid groups (broad SMARTS) is 2. The van der Waals surface area contributed by atoms with Crippen LogP contribution in [0.25, 0.3) is 21.9 Å². The molecule has 5 rings (SSSR count).